The molecular weight excluding hydrogens is 296 g/mol. The molecule has 4 nitrogen and oxygen atoms in total. The van der Waals surface area contributed by atoms with Gasteiger partial charge in [0.2, 0.25) is 0 Å². The number of hydrogen-bond donors (Lipinski definition) is 1. The van der Waals surface area contributed by atoms with Crippen molar-refractivity contribution in [1.29, 1.82) is 0 Å². The second-order valence-corrected chi connectivity index (χ2v) is 5.72. The van der Waals surface area contributed by atoms with Gasteiger partial charge in [-0.2, -0.15) is 0 Å². The zero-order chi connectivity index (χ0) is 16.5. The molecule has 0 atom stereocenters. The fourth-order valence-electron chi connectivity index (χ4n) is 2.88. The first-order chi connectivity index (χ1) is 11.7. The van der Waals surface area contributed by atoms with Crippen LogP contribution in [0.4, 0.5) is 17.1 Å². The summed E-state index contributed by atoms with van der Waals surface area (Å²) >= 11 is 0. The number of nitrogen functional groups attached to an aromatic ring is 1. The number of hydrogen-bond acceptors (Lipinski definition) is 4. The molecule has 4 rings (SSSR count). The number of fused-ring (bicyclic) bond motifs is 2. The van der Waals surface area contributed by atoms with Gasteiger partial charge in [-0.15, -0.1) is 10.2 Å². The molecule has 0 spiro atoms. The van der Waals surface area contributed by atoms with E-state index in [1.165, 1.54) is 0 Å². The molecule has 0 aliphatic rings. The molecule has 1 heterocycles. The lowest BCUT2D eigenvalue weighted by Gasteiger charge is -2.06. The Bertz CT molecular complexity index is 1080. The van der Waals surface area contributed by atoms with Gasteiger partial charge in [0, 0.05) is 28.0 Å². The van der Waals surface area contributed by atoms with Crippen LogP contribution in [0, 0.1) is 6.92 Å². The molecule has 0 amide bonds. The van der Waals surface area contributed by atoms with E-state index in [4.69, 9.17) is 5.73 Å². The topological polar surface area (TPSA) is 63.6 Å². The van der Waals surface area contributed by atoms with E-state index in [0.29, 0.717) is 0 Å². The van der Waals surface area contributed by atoms with Gasteiger partial charge in [0.15, 0.2) is 0 Å². The molecule has 24 heavy (non-hydrogen) atoms. The third kappa shape index (κ3) is 2.38. The second-order valence-electron chi connectivity index (χ2n) is 5.72. The Morgan fingerprint density at radius 1 is 0.792 bits per heavy atom. The van der Waals surface area contributed by atoms with E-state index in [2.05, 4.69) is 15.2 Å². The van der Waals surface area contributed by atoms with Gasteiger partial charge >= 0.3 is 0 Å². The van der Waals surface area contributed by atoms with Crippen LogP contribution in [0.5, 0.6) is 0 Å². The molecule has 0 saturated heterocycles. The summed E-state index contributed by atoms with van der Waals surface area (Å²) in [5.41, 5.74) is 10.4. The molecular formula is C20H16N4. The van der Waals surface area contributed by atoms with Crippen LogP contribution in [0.2, 0.25) is 0 Å². The summed E-state index contributed by atoms with van der Waals surface area (Å²) in [7, 11) is 0. The molecule has 4 heteroatoms. The molecule has 0 bridgehead atoms. The molecule has 0 unspecified atom stereocenters. The average Bonchev–Trinajstić information content (AvgIpc) is 2.63. The van der Waals surface area contributed by atoms with Crippen molar-refractivity contribution >= 4 is 38.7 Å². The highest BCUT2D eigenvalue weighted by Gasteiger charge is 2.06. The molecule has 0 fully saturated rings. The monoisotopic (exact) mass is 312 g/mol. The van der Waals surface area contributed by atoms with E-state index in [9.17, 15) is 0 Å². The van der Waals surface area contributed by atoms with Crippen molar-refractivity contribution in [3.63, 3.8) is 0 Å². The van der Waals surface area contributed by atoms with Crippen molar-refractivity contribution in [3.8, 4) is 0 Å². The first-order valence-corrected chi connectivity index (χ1v) is 7.77. The Labute approximate surface area is 139 Å². The minimum Gasteiger partial charge on any atom is -0.398 e. The highest BCUT2D eigenvalue weighted by atomic mass is 15.1. The van der Waals surface area contributed by atoms with E-state index in [-0.39, 0.29) is 0 Å². The first kappa shape index (κ1) is 14.3. The molecule has 2 N–H and O–H groups in total. The summed E-state index contributed by atoms with van der Waals surface area (Å²) in [5, 5.41) is 12.0. The maximum atomic E-state index is 6.05. The normalized spacial score (nSPS) is 11.5. The summed E-state index contributed by atoms with van der Waals surface area (Å²) in [6.45, 7) is 2.03. The standard InChI is InChI=1S/C20H16N4/c1-13-8-10-18-16(7-4-12-22-18)20(13)24-23-19-11-9-17(21)14-5-2-3-6-15(14)19/h2-12H,21H2,1H3. The number of benzene rings is 3. The van der Waals surface area contributed by atoms with Crippen LogP contribution in [-0.4, -0.2) is 4.98 Å². The quantitative estimate of drug-likeness (QED) is 0.381. The fourth-order valence-corrected chi connectivity index (χ4v) is 2.88. The largest absolute Gasteiger partial charge is 0.398 e. The summed E-state index contributed by atoms with van der Waals surface area (Å²) in [5.74, 6) is 0. The Kier molecular flexibility index (Phi) is 3.43. The predicted octanol–water partition coefficient (Wildman–Crippen LogP) is 5.69. The Hall–Kier alpha value is -3.27. The van der Waals surface area contributed by atoms with Gasteiger partial charge in [0.1, 0.15) is 0 Å². The van der Waals surface area contributed by atoms with Gasteiger partial charge in [-0.1, -0.05) is 30.3 Å². The van der Waals surface area contributed by atoms with E-state index in [0.717, 1.165) is 44.3 Å². The lowest BCUT2D eigenvalue weighted by Crippen LogP contribution is -1.86. The van der Waals surface area contributed by atoms with Gasteiger partial charge in [0.05, 0.1) is 16.9 Å². The number of anilines is 1. The van der Waals surface area contributed by atoms with E-state index < -0.39 is 0 Å². The number of nitrogens with zero attached hydrogens (tertiary/aromatic N) is 3. The summed E-state index contributed by atoms with van der Waals surface area (Å²) in [4.78, 5) is 4.38. The van der Waals surface area contributed by atoms with Crippen molar-refractivity contribution in [2.75, 3.05) is 5.73 Å². The van der Waals surface area contributed by atoms with Crippen molar-refractivity contribution in [3.05, 3.63) is 72.4 Å². The molecule has 4 aromatic rings. The van der Waals surface area contributed by atoms with Gasteiger partial charge in [-0.25, -0.2) is 0 Å². The van der Waals surface area contributed by atoms with Crippen LogP contribution in [0.3, 0.4) is 0 Å². The number of rotatable bonds is 2. The zero-order valence-electron chi connectivity index (χ0n) is 13.3. The molecule has 0 aliphatic heterocycles. The van der Waals surface area contributed by atoms with Gasteiger partial charge < -0.3 is 5.73 Å². The number of aryl methyl sites for hydroxylation is 1. The molecule has 3 aromatic carbocycles. The summed E-state index contributed by atoms with van der Waals surface area (Å²) < 4.78 is 0. The molecule has 0 radical (unpaired) electrons. The number of azo groups is 1. The minimum atomic E-state index is 0.745. The van der Waals surface area contributed by atoms with Crippen LogP contribution in [-0.2, 0) is 0 Å². The van der Waals surface area contributed by atoms with Crippen LogP contribution in [0.15, 0.2) is 77.1 Å². The van der Waals surface area contributed by atoms with Gasteiger partial charge in [0.25, 0.3) is 0 Å². The van der Waals surface area contributed by atoms with Crippen LogP contribution in [0.1, 0.15) is 5.56 Å². The highest BCUT2D eigenvalue weighted by molar-refractivity contribution is 6.00. The number of pyridine rings is 1. The number of nitrogens with two attached hydrogens (primary N) is 1. The van der Waals surface area contributed by atoms with Gasteiger partial charge in [-0.05, 0) is 42.8 Å². The van der Waals surface area contributed by atoms with Crippen LogP contribution < -0.4 is 5.73 Å². The highest BCUT2D eigenvalue weighted by Crippen LogP contribution is 2.34. The predicted molar refractivity (Wildman–Crippen MR) is 99.0 cm³/mol. The van der Waals surface area contributed by atoms with E-state index >= 15 is 0 Å². The lowest BCUT2D eigenvalue weighted by atomic mass is 10.1. The first-order valence-electron chi connectivity index (χ1n) is 7.77. The van der Waals surface area contributed by atoms with Crippen LogP contribution >= 0.6 is 0 Å². The smallest absolute Gasteiger partial charge is 0.0980 e. The maximum absolute atomic E-state index is 6.05. The van der Waals surface area contributed by atoms with Crippen molar-refractivity contribution in [1.82, 2.24) is 4.98 Å². The fraction of sp³-hybridized carbons (Fsp3) is 0.0500. The van der Waals surface area contributed by atoms with Crippen molar-refractivity contribution in [2.45, 2.75) is 6.92 Å². The number of aromatic nitrogens is 1. The molecule has 116 valence electrons. The Morgan fingerprint density at radius 2 is 1.58 bits per heavy atom. The summed E-state index contributed by atoms with van der Waals surface area (Å²) in [6, 6.07) is 19.7. The van der Waals surface area contributed by atoms with Crippen molar-refractivity contribution in [2.24, 2.45) is 10.2 Å². The third-order valence-electron chi connectivity index (χ3n) is 4.15. The van der Waals surface area contributed by atoms with Gasteiger partial charge in [-0.3, -0.25) is 4.98 Å². The SMILES string of the molecule is Cc1ccc2ncccc2c1N=Nc1ccc(N)c2ccccc12. The van der Waals surface area contributed by atoms with E-state index in [1.807, 2.05) is 67.6 Å². The van der Waals surface area contributed by atoms with Crippen LogP contribution in [0.25, 0.3) is 21.7 Å². The average molecular weight is 312 g/mol. The Morgan fingerprint density at radius 3 is 2.46 bits per heavy atom. The molecule has 0 aliphatic carbocycles. The summed E-state index contributed by atoms with van der Waals surface area (Å²) in [6.07, 6.45) is 1.78. The second kappa shape index (κ2) is 5.74. The zero-order valence-corrected chi connectivity index (χ0v) is 13.3. The third-order valence-corrected chi connectivity index (χ3v) is 4.15. The Balaban J connectivity index is 1.88. The molecule has 0 saturated carbocycles. The van der Waals surface area contributed by atoms with E-state index in [1.54, 1.807) is 6.20 Å². The minimum absolute atomic E-state index is 0.745. The molecule has 1 aromatic heterocycles. The van der Waals surface area contributed by atoms with Crippen molar-refractivity contribution < 1.29 is 0 Å². The lowest BCUT2D eigenvalue weighted by molar-refractivity contribution is 1.23. The maximum Gasteiger partial charge on any atom is 0.0980 e.